The summed E-state index contributed by atoms with van der Waals surface area (Å²) < 4.78 is 10.8. The Balaban J connectivity index is 1.76. The Morgan fingerprint density at radius 1 is 0.947 bits per heavy atom. The summed E-state index contributed by atoms with van der Waals surface area (Å²) in [4.78, 5) is 0. The molecule has 0 amide bonds. The minimum atomic E-state index is 0.649. The van der Waals surface area contributed by atoms with Crippen LogP contribution < -0.4 is 4.74 Å². The zero-order valence-electron chi connectivity index (χ0n) is 11.6. The minimum absolute atomic E-state index is 0.649. The van der Waals surface area contributed by atoms with Crippen molar-refractivity contribution in [2.75, 3.05) is 13.7 Å². The van der Waals surface area contributed by atoms with Crippen molar-refractivity contribution >= 4 is 0 Å². The molecule has 0 saturated carbocycles. The molecule has 0 aliphatic carbocycles. The van der Waals surface area contributed by atoms with E-state index in [4.69, 9.17) is 9.47 Å². The molecule has 2 rings (SSSR count). The van der Waals surface area contributed by atoms with Gasteiger partial charge in [-0.2, -0.15) is 0 Å². The monoisotopic (exact) mass is 256 g/mol. The normalized spacial score (nSPS) is 10.4. The lowest BCUT2D eigenvalue weighted by Crippen LogP contribution is -2.00. The van der Waals surface area contributed by atoms with Gasteiger partial charge >= 0.3 is 0 Å². The summed E-state index contributed by atoms with van der Waals surface area (Å²) in [6.07, 6.45) is 0.961. The first-order valence-corrected chi connectivity index (χ1v) is 6.55. The van der Waals surface area contributed by atoms with Crippen LogP contribution in [0.15, 0.2) is 48.5 Å². The molecule has 0 saturated heterocycles. The molecule has 2 aromatic rings. The number of methoxy groups -OCH3 is 1. The zero-order valence-corrected chi connectivity index (χ0v) is 11.6. The van der Waals surface area contributed by atoms with Crippen LogP contribution in [0.4, 0.5) is 0 Å². The van der Waals surface area contributed by atoms with Gasteiger partial charge in [-0.25, -0.2) is 0 Å². The molecule has 19 heavy (non-hydrogen) atoms. The number of aryl methyl sites for hydroxylation is 1. The first-order chi connectivity index (χ1) is 9.29. The zero-order chi connectivity index (χ0) is 13.5. The fourth-order valence-electron chi connectivity index (χ4n) is 1.98. The highest BCUT2D eigenvalue weighted by atomic mass is 16.5. The Bertz CT molecular complexity index is 503. The van der Waals surface area contributed by atoms with Crippen LogP contribution in [0, 0.1) is 6.92 Å². The third kappa shape index (κ3) is 4.11. The molecular weight excluding hydrogens is 236 g/mol. The molecule has 0 spiro atoms. The lowest BCUT2D eigenvalue weighted by Gasteiger charge is -2.07. The molecule has 0 atom stereocenters. The second-order valence-electron chi connectivity index (χ2n) is 4.58. The third-order valence-electron chi connectivity index (χ3n) is 3.20. The van der Waals surface area contributed by atoms with Gasteiger partial charge in [-0.1, -0.05) is 36.4 Å². The molecule has 0 heterocycles. The first kappa shape index (κ1) is 13.6. The highest BCUT2D eigenvalue weighted by molar-refractivity contribution is 5.27. The van der Waals surface area contributed by atoms with E-state index in [1.54, 1.807) is 7.11 Å². The van der Waals surface area contributed by atoms with E-state index in [0.29, 0.717) is 6.61 Å². The number of hydrogen-bond donors (Lipinski definition) is 0. The van der Waals surface area contributed by atoms with Crippen molar-refractivity contribution in [1.29, 1.82) is 0 Å². The number of hydrogen-bond acceptors (Lipinski definition) is 2. The van der Waals surface area contributed by atoms with Gasteiger partial charge in [0.05, 0.1) is 20.3 Å². The van der Waals surface area contributed by atoms with Gasteiger partial charge in [-0.05, 0) is 42.2 Å². The van der Waals surface area contributed by atoms with Gasteiger partial charge < -0.3 is 9.47 Å². The highest BCUT2D eigenvalue weighted by Crippen LogP contribution is 2.12. The molecule has 2 heteroatoms. The summed E-state index contributed by atoms with van der Waals surface area (Å²) in [5, 5.41) is 0. The van der Waals surface area contributed by atoms with Gasteiger partial charge in [-0.15, -0.1) is 0 Å². The van der Waals surface area contributed by atoms with Crippen molar-refractivity contribution in [3.05, 3.63) is 65.2 Å². The number of benzene rings is 2. The number of rotatable bonds is 6. The van der Waals surface area contributed by atoms with Gasteiger partial charge in [-0.3, -0.25) is 0 Å². The molecule has 0 radical (unpaired) electrons. The molecular formula is C17H20O2. The molecule has 0 unspecified atom stereocenters. The van der Waals surface area contributed by atoms with E-state index in [0.717, 1.165) is 18.8 Å². The molecule has 0 aromatic heterocycles. The van der Waals surface area contributed by atoms with Crippen molar-refractivity contribution in [3.8, 4) is 5.75 Å². The molecule has 100 valence electrons. The number of ether oxygens (including phenoxy) is 2. The smallest absolute Gasteiger partial charge is 0.118 e. The molecule has 0 fully saturated rings. The SMILES string of the molecule is COc1ccc(COCCc2ccccc2C)cc1. The van der Waals surface area contributed by atoms with E-state index in [2.05, 4.69) is 31.2 Å². The highest BCUT2D eigenvalue weighted by Gasteiger charge is 1.98. The maximum atomic E-state index is 5.71. The standard InChI is InChI=1S/C17H20O2/c1-14-5-3-4-6-16(14)11-12-19-13-15-7-9-17(18-2)10-8-15/h3-10H,11-13H2,1-2H3. The molecule has 0 bridgehead atoms. The molecule has 0 N–H and O–H groups in total. The van der Waals surface area contributed by atoms with Crippen LogP contribution in [0.3, 0.4) is 0 Å². The van der Waals surface area contributed by atoms with Crippen LogP contribution >= 0.6 is 0 Å². The summed E-state index contributed by atoms with van der Waals surface area (Å²) in [7, 11) is 1.67. The van der Waals surface area contributed by atoms with Crippen LogP contribution in [0.2, 0.25) is 0 Å². The maximum Gasteiger partial charge on any atom is 0.118 e. The lowest BCUT2D eigenvalue weighted by molar-refractivity contribution is 0.123. The predicted molar refractivity (Wildman–Crippen MR) is 77.5 cm³/mol. The maximum absolute atomic E-state index is 5.71. The van der Waals surface area contributed by atoms with E-state index in [9.17, 15) is 0 Å². The molecule has 0 aliphatic rings. The average molecular weight is 256 g/mol. The van der Waals surface area contributed by atoms with Crippen LogP contribution in [0.5, 0.6) is 5.75 Å². The van der Waals surface area contributed by atoms with Gasteiger partial charge in [0.15, 0.2) is 0 Å². The van der Waals surface area contributed by atoms with E-state index in [-0.39, 0.29) is 0 Å². The van der Waals surface area contributed by atoms with Crippen LogP contribution in [-0.4, -0.2) is 13.7 Å². The summed E-state index contributed by atoms with van der Waals surface area (Å²) >= 11 is 0. The van der Waals surface area contributed by atoms with Gasteiger partial charge in [0.1, 0.15) is 5.75 Å². The summed E-state index contributed by atoms with van der Waals surface area (Å²) in [6, 6.07) is 16.4. The van der Waals surface area contributed by atoms with Crippen molar-refractivity contribution in [2.24, 2.45) is 0 Å². The second-order valence-corrected chi connectivity index (χ2v) is 4.58. The minimum Gasteiger partial charge on any atom is -0.497 e. The molecule has 0 aliphatic heterocycles. The molecule has 2 aromatic carbocycles. The topological polar surface area (TPSA) is 18.5 Å². The summed E-state index contributed by atoms with van der Waals surface area (Å²) in [6.45, 7) is 3.53. The Hall–Kier alpha value is -1.80. The Kier molecular flexibility index (Phi) is 4.99. The van der Waals surface area contributed by atoms with E-state index in [1.165, 1.54) is 16.7 Å². The predicted octanol–water partition coefficient (Wildman–Crippen LogP) is 3.76. The Morgan fingerprint density at radius 2 is 1.68 bits per heavy atom. The van der Waals surface area contributed by atoms with Gasteiger partial charge in [0.2, 0.25) is 0 Å². The fourth-order valence-corrected chi connectivity index (χ4v) is 1.98. The molecule has 2 nitrogen and oxygen atoms in total. The van der Waals surface area contributed by atoms with Gasteiger partial charge in [0, 0.05) is 0 Å². The summed E-state index contributed by atoms with van der Waals surface area (Å²) in [5.41, 5.74) is 3.86. The Morgan fingerprint density at radius 3 is 2.37 bits per heavy atom. The van der Waals surface area contributed by atoms with Crippen molar-refractivity contribution in [3.63, 3.8) is 0 Å². The third-order valence-corrected chi connectivity index (χ3v) is 3.20. The quantitative estimate of drug-likeness (QED) is 0.733. The lowest BCUT2D eigenvalue weighted by atomic mass is 10.1. The summed E-state index contributed by atoms with van der Waals surface area (Å²) in [5.74, 6) is 0.878. The van der Waals surface area contributed by atoms with Crippen molar-refractivity contribution in [1.82, 2.24) is 0 Å². The largest absolute Gasteiger partial charge is 0.497 e. The first-order valence-electron chi connectivity index (χ1n) is 6.55. The Labute approximate surface area is 115 Å². The second kappa shape index (κ2) is 6.95. The van der Waals surface area contributed by atoms with E-state index < -0.39 is 0 Å². The van der Waals surface area contributed by atoms with Crippen molar-refractivity contribution < 1.29 is 9.47 Å². The van der Waals surface area contributed by atoms with Crippen LogP contribution in [0.25, 0.3) is 0 Å². The fraction of sp³-hybridized carbons (Fsp3) is 0.294. The van der Waals surface area contributed by atoms with E-state index >= 15 is 0 Å². The van der Waals surface area contributed by atoms with Crippen LogP contribution in [-0.2, 0) is 17.8 Å². The average Bonchev–Trinajstić information content (AvgIpc) is 2.46. The van der Waals surface area contributed by atoms with E-state index in [1.807, 2.05) is 24.3 Å². The van der Waals surface area contributed by atoms with Gasteiger partial charge in [0.25, 0.3) is 0 Å². The van der Waals surface area contributed by atoms with Crippen molar-refractivity contribution in [2.45, 2.75) is 20.0 Å². The van der Waals surface area contributed by atoms with Crippen LogP contribution in [0.1, 0.15) is 16.7 Å².